The minimum atomic E-state index is -1.05. The summed E-state index contributed by atoms with van der Waals surface area (Å²) in [6.07, 6.45) is 2.86. The molecule has 0 aliphatic carbocycles. The first-order valence-corrected chi connectivity index (χ1v) is 9.16. The first kappa shape index (κ1) is 20.6. The molecule has 0 atom stereocenters. The third-order valence-corrected chi connectivity index (χ3v) is 4.28. The van der Waals surface area contributed by atoms with Crippen LogP contribution in [0.5, 0.6) is 0 Å². The van der Waals surface area contributed by atoms with E-state index in [9.17, 15) is 19.2 Å². The molecule has 1 saturated heterocycles. The summed E-state index contributed by atoms with van der Waals surface area (Å²) in [5.74, 6) is -3.38. The molecule has 0 unspecified atom stereocenters. The van der Waals surface area contributed by atoms with Gasteiger partial charge in [-0.2, -0.15) is 0 Å². The summed E-state index contributed by atoms with van der Waals surface area (Å²) >= 11 is 0. The largest absolute Gasteiger partial charge is 0.462 e. The summed E-state index contributed by atoms with van der Waals surface area (Å²) in [4.78, 5) is 48.4. The van der Waals surface area contributed by atoms with Gasteiger partial charge in [-0.05, 0) is 44.5 Å². The normalized spacial score (nSPS) is 14.3. The zero-order valence-corrected chi connectivity index (χ0v) is 15.4. The van der Waals surface area contributed by atoms with Gasteiger partial charge in [0, 0.05) is 5.92 Å². The predicted octanol–water partition coefficient (Wildman–Crippen LogP) is 1.22. The first-order chi connectivity index (χ1) is 13.0. The van der Waals surface area contributed by atoms with Crippen molar-refractivity contribution in [2.45, 2.75) is 32.6 Å². The smallest absolute Gasteiger partial charge is 0.340 e. The quantitative estimate of drug-likeness (QED) is 0.391. The van der Waals surface area contributed by atoms with Gasteiger partial charge in [-0.3, -0.25) is 19.7 Å². The number of piperidine rings is 1. The van der Waals surface area contributed by atoms with Crippen molar-refractivity contribution in [1.29, 1.82) is 0 Å². The Morgan fingerprint density at radius 3 is 2.52 bits per heavy atom. The molecular formula is C19H25N3O5. The number of carbonyl (C=O) groups is 4. The van der Waals surface area contributed by atoms with Gasteiger partial charge in [0.2, 0.25) is 5.91 Å². The molecule has 8 nitrogen and oxygen atoms in total. The maximum atomic E-state index is 12.1. The standard InChI is InChI=1S/C19H25N3O5/c1-2-3-12-27-19(26)14-6-4-5-7-15(14)21-17(24)18(25)22-16(23)13-8-10-20-11-9-13/h4-7,13,20H,2-3,8-12H2,1H3,(H,21,24)(H,22,23,25). The molecule has 3 amide bonds. The van der Waals surface area contributed by atoms with E-state index in [2.05, 4.69) is 16.0 Å². The summed E-state index contributed by atoms with van der Waals surface area (Å²) < 4.78 is 5.14. The Labute approximate surface area is 158 Å². The molecule has 1 aliphatic heterocycles. The number of imide groups is 1. The van der Waals surface area contributed by atoms with Crippen LogP contribution in [0.15, 0.2) is 24.3 Å². The van der Waals surface area contributed by atoms with E-state index in [1.165, 1.54) is 12.1 Å². The van der Waals surface area contributed by atoms with Crippen LogP contribution in [0.1, 0.15) is 43.0 Å². The Bertz CT molecular complexity index is 698. The Hall–Kier alpha value is -2.74. The summed E-state index contributed by atoms with van der Waals surface area (Å²) in [6.45, 7) is 3.66. The minimum absolute atomic E-state index is 0.152. The van der Waals surface area contributed by atoms with Gasteiger partial charge >= 0.3 is 17.8 Å². The van der Waals surface area contributed by atoms with Gasteiger partial charge in [0.15, 0.2) is 0 Å². The molecule has 1 aromatic carbocycles. The van der Waals surface area contributed by atoms with Gasteiger partial charge in [-0.25, -0.2) is 4.79 Å². The zero-order valence-electron chi connectivity index (χ0n) is 15.4. The van der Waals surface area contributed by atoms with Crippen molar-refractivity contribution in [3.05, 3.63) is 29.8 Å². The maximum Gasteiger partial charge on any atom is 0.340 e. The van der Waals surface area contributed by atoms with E-state index < -0.39 is 23.7 Å². The Morgan fingerprint density at radius 2 is 1.81 bits per heavy atom. The van der Waals surface area contributed by atoms with E-state index in [0.29, 0.717) is 25.9 Å². The van der Waals surface area contributed by atoms with E-state index in [1.54, 1.807) is 12.1 Å². The van der Waals surface area contributed by atoms with Crippen LogP contribution in [0.3, 0.4) is 0 Å². The van der Waals surface area contributed by atoms with E-state index in [0.717, 1.165) is 12.8 Å². The lowest BCUT2D eigenvalue weighted by Gasteiger charge is -2.21. The predicted molar refractivity (Wildman–Crippen MR) is 99.0 cm³/mol. The Kier molecular flexibility index (Phi) is 7.94. The van der Waals surface area contributed by atoms with Gasteiger partial charge in [-0.15, -0.1) is 0 Å². The molecule has 0 aromatic heterocycles. The highest BCUT2D eigenvalue weighted by molar-refractivity contribution is 6.42. The highest BCUT2D eigenvalue weighted by Gasteiger charge is 2.25. The lowest BCUT2D eigenvalue weighted by molar-refractivity contribution is -0.141. The molecule has 0 radical (unpaired) electrons. The van der Waals surface area contributed by atoms with Crippen LogP contribution < -0.4 is 16.0 Å². The van der Waals surface area contributed by atoms with Crippen molar-refractivity contribution in [3.63, 3.8) is 0 Å². The molecule has 1 aromatic rings. The second-order valence-electron chi connectivity index (χ2n) is 6.33. The van der Waals surface area contributed by atoms with Gasteiger partial charge < -0.3 is 15.4 Å². The maximum absolute atomic E-state index is 12.1. The van der Waals surface area contributed by atoms with Crippen LogP contribution in [0.2, 0.25) is 0 Å². The van der Waals surface area contributed by atoms with Gasteiger partial charge in [0.1, 0.15) is 0 Å². The molecule has 1 fully saturated rings. The number of hydrogen-bond donors (Lipinski definition) is 3. The van der Waals surface area contributed by atoms with Crippen LogP contribution in [0.4, 0.5) is 5.69 Å². The number of unbranched alkanes of at least 4 members (excludes halogenated alkanes) is 1. The fraction of sp³-hybridized carbons (Fsp3) is 0.474. The molecule has 1 aliphatic rings. The minimum Gasteiger partial charge on any atom is -0.462 e. The van der Waals surface area contributed by atoms with Crippen LogP contribution in [0.25, 0.3) is 0 Å². The van der Waals surface area contributed by atoms with Crippen molar-refractivity contribution in [2.75, 3.05) is 25.0 Å². The van der Waals surface area contributed by atoms with Crippen LogP contribution >= 0.6 is 0 Å². The second-order valence-corrected chi connectivity index (χ2v) is 6.33. The summed E-state index contributed by atoms with van der Waals surface area (Å²) in [5.41, 5.74) is 0.313. The van der Waals surface area contributed by atoms with Gasteiger partial charge in [-0.1, -0.05) is 25.5 Å². The van der Waals surface area contributed by atoms with E-state index >= 15 is 0 Å². The third-order valence-electron chi connectivity index (χ3n) is 4.28. The van der Waals surface area contributed by atoms with Crippen LogP contribution in [0, 0.1) is 5.92 Å². The highest BCUT2D eigenvalue weighted by atomic mass is 16.5. The molecule has 3 N–H and O–H groups in total. The summed E-state index contributed by atoms with van der Waals surface area (Å²) in [7, 11) is 0. The number of anilines is 1. The number of nitrogens with one attached hydrogen (secondary N) is 3. The number of hydrogen-bond acceptors (Lipinski definition) is 6. The molecule has 27 heavy (non-hydrogen) atoms. The average molecular weight is 375 g/mol. The molecule has 0 bridgehead atoms. The number of amides is 3. The molecule has 0 spiro atoms. The number of carbonyl (C=O) groups excluding carboxylic acids is 4. The number of rotatable bonds is 6. The Balaban J connectivity index is 1.95. The first-order valence-electron chi connectivity index (χ1n) is 9.16. The van der Waals surface area contributed by atoms with E-state index in [4.69, 9.17) is 4.74 Å². The zero-order chi connectivity index (χ0) is 19.6. The number of esters is 1. The molecular weight excluding hydrogens is 350 g/mol. The summed E-state index contributed by atoms with van der Waals surface area (Å²) in [6, 6.07) is 6.25. The third kappa shape index (κ3) is 6.18. The Morgan fingerprint density at radius 1 is 1.11 bits per heavy atom. The lowest BCUT2D eigenvalue weighted by atomic mass is 9.97. The SMILES string of the molecule is CCCCOC(=O)c1ccccc1NC(=O)C(=O)NC(=O)C1CCNCC1. The number of benzene rings is 1. The lowest BCUT2D eigenvalue weighted by Crippen LogP contribution is -2.44. The van der Waals surface area contributed by atoms with Crippen molar-refractivity contribution >= 4 is 29.4 Å². The molecule has 1 heterocycles. The molecule has 146 valence electrons. The number of ether oxygens (including phenoxy) is 1. The monoisotopic (exact) mass is 375 g/mol. The summed E-state index contributed by atoms with van der Waals surface area (Å²) in [5, 5.41) is 7.63. The van der Waals surface area contributed by atoms with Crippen LogP contribution in [-0.4, -0.2) is 43.4 Å². The van der Waals surface area contributed by atoms with Crippen molar-refractivity contribution < 1.29 is 23.9 Å². The molecule has 8 heteroatoms. The van der Waals surface area contributed by atoms with Gasteiger partial charge in [0.25, 0.3) is 0 Å². The van der Waals surface area contributed by atoms with Crippen molar-refractivity contribution in [2.24, 2.45) is 5.92 Å². The van der Waals surface area contributed by atoms with Crippen molar-refractivity contribution in [1.82, 2.24) is 10.6 Å². The topological polar surface area (TPSA) is 114 Å². The average Bonchev–Trinajstić information content (AvgIpc) is 2.69. The highest BCUT2D eigenvalue weighted by Crippen LogP contribution is 2.16. The fourth-order valence-corrected chi connectivity index (χ4v) is 2.69. The number of para-hydroxylation sites is 1. The van der Waals surface area contributed by atoms with E-state index in [-0.39, 0.29) is 23.8 Å². The van der Waals surface area contributed by atoms with Crippen molar-refractivity contribution in [3.8, 4) is 0 Å². The second kappa shape index (κ2) is 10.4. The molecule has 0 saturated carbocycles. The van der Waals surface area contributed by atoms with E-state index in [1.807, 2.05) is 6.92 Å². The van der Waals surface area contributed by atoms with Crippen LogP contribution in [-0.2, 0) is 19.1 Å². The van der Waals surface area contributed by atoms with Gasteiger partial charge in [0.05, 0.1) is 17.9 Å². The molecule has 2 rings (SSSR count). The fourth-order valence-electron chi connectivity index (χ4n) is 2.69.